The summed E-state index contributed by atoms with van der Waals surface area (Å²) in [6.07, 6.45) is 0. The van der Waals surface area contributed by atoms with Gasteiger partial charge in [0.1, 0.15) is 30.3 Å². The van der Waals surface area contributed by atoms with Crippen LogP contribution in [0.15, 0.2) is 66.7 Å². The molecule has 0 bridgehead atoms. The van der Waals surface area contributed by atoms with Gasteiger partial charge in [0.2, 0.25) is 11.8 Å². The molecule has 196 valence electrons. The van der Waals surface area contributed by atoms with Crippen molar-refractivity contribution in [2.75, 3.05) is 44.6 Å². The third kappa shape index (κ3) is 5.59. The number of ether oxygens (including phenoxy) is 3. The molecule has 38 heavy (non-hydrogen) atoms. The van der Waals surface area contributed by atoms with Crippen LogP contribution in [0.2, 0.25) is 0 Å². The van der Waals surface area contributed by atoms with Crippen molar-refractivity contribution < 1.29 is 33.4 Å². The molecule has 0 spiro atoms. The number of benzene rings is 3. The van der Waals surface area contributed by atoms with Gasteiger partial charge in [0.05, 0.1) is 38.3 Å². The number of nitrogens with one attached hydrogen (secondary N) is 1. The number of ketones is 1. The number of carbonyl (C=O) groups excluding carboxylic acids is 4. The number of hydrogen-bond acceptors (Lipinski definition) is 7. The average molecular weight is 518 g/mol. The number of fused-ring (bicyclic) bond motifs is 1. The molecule has 0 saturated carbocycles. The minimum Gasteiger partial charge on any atom is -0.497 e. The van der Waals surface area contributed by atoms with Crippen molar-refractivity contribution in [1.29, 1.82) is 0 Å². The zero-order valence-electron chi connectivity index (χ0n) is 21.2. The van der Waals surface area contributed by atoms with E-state index in [4.69, 9.17) is 14.2 Å². The van der Waals surface area contributed by atoms with Gasteiger partial charge in [-0.15, -0.1) is 0 Å². The molecule has 1 heterocycles. The van der Waals surface area contributed by atoms with Gasteiger partial charge in [-0.25, -0.2) is 0 Å². The van der Waals surface area contributed by atoms with E-state index >= 15 is 0 Å². The Labute approximate surface area is 219 Å². The Bertz CT molecular complexity index is 1370. The highest BCUT2D eigenvalue weighted by Gasteiger charge is 2.37. The van der Waals surface area contributed by atoms with Crippen LogP contribution in [-0.4, -0.2) is 62.8 Å². The van der Waals surface area contributed by atoms with Crippen molar-refractivity contribution in [2.45, 2.75) is 6.54 Å². The smallest absolute Gasteiger partial charge is 0.299 e. The van der Waals surface area contributed by atoms with Crippen LogP contribution in [-0.2, 0) is 20.9 Å². The molecular weight excluding hydrogens is 490 g/mol. The van der Waals surface area contributed by atoms with E-state index in [9.17, 15) is 19.2 Å². The fraction of sp³-hybridized carbons (Fsp3) is 0.214. The molecule has 3 amide bonds. The predicted molar refractivity (Wildman–Crippen MR) is 140 cm³/mol. The third-order valence-corrected chi connectivity index (χ3v) is 6.07. The summed E-state index contributed by atoms with van der Waals surface area (Å²) in [5, 5.41) is 2.76. The highest BCUT2D eigenvalue weighted by molar-refractivity contribution is 6.52. The first-order valence-corrected chi connectivity index (χ1v) is 11.7. The van der Waals surface area contributed by atoms with E-state index in [1.165, 1.54) is 19.1 Å². The van der Waals surface area contributed by atoms with E-state index in [2.05, 4.69) is 5.32 Å². The van der Waals surface area contributed by atoms with Crippen LogP contribution < -0.4 is 24.4 Å². The van der Waals surface area contributed by atoms with E-state index in [-0.39, 0.29) is 18.7 Å². The summed E-state index contributed by atoms with van der Waals surface area (Å²) in [6.45, 7) is -0.609. The van der Waals surface area contributed by atoms with Gasteiger partial charge in [0.15, 0.2) is 0 Å². The molecule has 10 nitrogen and oxygen atoms in total. The van der Waals surface area contributed by atoms with Crippen LogP contribution in [0.5, 0.6) is 17.2 Å². The van der Waals surface area contributed by atoms with Crippen molar-refractivity contribution in [3.05, 3.63) is 77.9 Å². The average Bonchev–Trinajstić information content (AvgIpc) is 3.18. The Morgan fingerprint density at radius 3 is 2.24 bits per heavy atom. The van der Waals surface area contributed by atoms with Crippen LogP contribution in [0, 0.1) is 0 Å². The van der Waals surface area contributed by atoms with E-state index in [0.29, 0.717) is 28.6 Å². The molecule has 0 atom stereocenters. The number of rotatable bonds is 10. The standard InChI is InChI=1S/C28H27N3O7/c1-36-19-10-8-18(9-11-19)15-30(16-25(32)29-22-13-12-20(37-2)14-24(22)38-3)26(33)17-31-23-7-5-4-6-21(23)27(34)28(31)35/h4-14H,15-17H2,1-3H3,(H,29,32). The molecule has 0 unspecified atom stereocenters. The maximum atomic E-state index is 13.5. The molecule has 1 aliphatic heterocycles. The van der Waals surface area contributed by atoms with Crippen molar-refractivity contribution in [3.63, 3.8) is 0 Å². The molecule has 0 fully saturated rings. The fourth-order valence-electron chi connectivity index (χ4n) is 4.09. The maximum Gasteiger partial charge on any atom is 0.299 e. The van der Waals surface area contributed by atoms with Crippen LogP contribution in [0.3, 0.4) is 0 Å². The molecule has 1 N–H and O–H groups in total. The van der Waals surface area contributed by atoms with Crippen molar-refractivity contribution in [1.82, 2.24) is 4.90 Å². The lowest BCUT2D eigenvalue weighted by atomic mass is 10.1. The first-order chi connectivity index (χ1) is 18.3. The van der Waals surface area contributed by atoms with Crippen molar-refractivity contribution in [3.8, 4) is 17.2 Å². The highest BCUT2D eigenvalue weighted by atomic mass is 16.5. The lowest BCUT2D eigenvalue weighted by Gasteiger charge is -2.25. The number of nitrogens with zero attached hydrogens (tertiary/aromatic N) is 2. The Balaban J connectivity index is 1.55. The van der Waals surface area contributed by atoms with E-state index in [1.54, 1.807) is 73.8 Å². The first-order valence-electron chi connectivity index (χ1n) is 11.7. The van der Waals surface area contributed by atoms with E-state index < -0.39 is 30.0 Å². The van der Waals surface area contributed by atoms with E-state index in [0.717, 1.165) is 10.5 Å². The predicted octanol–water partition coefficient (Wildman–Crippen LogP) is 2.91. The second-order valence-electron chi connectivity index (χ2n) is 8.45. The fourth-order valence-corrected chi connectivity index (χ4v) is 4.09. The highest BCUT2D eigenvalue weighted by Crippen LogP contribution is 2.30. The largest absolute Gasteiger partial charge is 0.497 e. The van der Waals surface area contributed by atoms with Gasteiger partial charge in [-0.2, -0.15) is 0 Å². The Hall–Kier alpha value is -4.86. The Morgan fingerprint density at radius 2 is 1.55 bits per heavy atom. The molecule has 0 saturated heterocycles. The lowest BCUT2D eigenvalue weighted by Crippen LogP contribution is -2.45. The topological polar surface area (TPSA) is 114 Å². The SMILES string of the molecule is COc1ccc(CN(CC(=O)Nc2ccc(OC)cc2OC)C(=O)CN2C(=O)C(=O)c3ccccc32)cc1. The summed E-state index contributed by atoms with van der Waals surface area (Å²) < 4.78 is 15.7. The summed E-state index contributed by atoms with van der Waals surface area (Å²) in [5.74, 6) is -0.829. The second kappa shape index (κ2) is 11.5. The van der Waals surface area contributed by atoms with Gasteiger partial charge in [-0.05, 0) is 42.0 Å². The molecule has 0 aromatic heterocycles. The molecule has 3 aromatic rings. The minimum atomic E-state index is -0.781. The van der Waals surface area contributed by atoms with Gasteiger partial charge in [-0.3, -0.25) is 24.1 Å². The summed E-state index contributed by atoms with van der Waals surface area (Å²) in [7, 11) is 4.54. The molecule has 4 rings (SSSR count). The van der Waals surface area contributed by atoms with Crippen LogP contribution in [0.4, 0.5) is 11.4 Å². The summed E-state index contributed by atoms with van der Waals surface area (Å²) in [4.78, 5) is 54.0. The van der Waals surface area contributed by atoms with Crippen LogP contribution in [0.25, 0.3) is 0 Å². The summed E-state index contributed by atoms with van der Waals surface area (Å²) in [5.41, 5.74) is 1.77. The number of carbonyl (C=O) groups is 4. The quantitative estimate of drug-likeness (QED) is 0.411. The van der Waals surface area contributed by atoms with Gasteiger partial charge < -0.3 is 24.4 Å². The monoisotopic (exact) mass is 517 g/mol. The summed E-state index contributed by atoms with van der Waals surface area (Å²) in [6, 6.07) is 18.5. The number of hydrogen-bond donors (Lipinski definition) is 1. The minimum absolute atomic E-state index is 0.0909. The van der Waals surface area contributed by atoms with Crippen molar-refractivity contribution in [2.24, 2.45) is 0 Å². The Kier molecular flexibility index (Phi) is 7.91. The molecule has 3 aromatic carbocycles. The number of Topliss-reactive ketones (excluding diaryl/α,β-unsaturated/α-hetero) is 1. The maximum absolute atomic E-state index is 13.5. The number of methoxy groups -OCH3 is 3. The Morgan fingerprint density at radius 1 is 0.868 bits per heavy atom. The van der Waals surface area contributed by atoms with Crippen molar-refractivity contribution >= 4 is 34.9 Å². The van der Waals surface area contributed by atoms with Gasteiger partial charge >= 0.3 is 0 Å². The first kappa shape index (κ1) is 26.2. The molecule has 10 heteroatoms. The van der Waals surface area contributed by atoms with Gasteiger partial charge in [0.25, 0.3) is 11.7 Å². The zero-order valence-corrected chi connectivity index (χ0v) is 21.2. The zero-order chi connectivity index (χ0) is 27.2. The lowest BCUT2D eigenvalue weighted by molar-refractivity contribution is -0.134. The number of anilines is 2. The third-order valence-electron chi connectivity index (χ3n) is 6.07. The number of amides is 3. The molecular formula is C28H27N3O7. The number of para-hydroxylation sites is 1. The molecule has 0 aliphatic carbocycles. The van der Waals surface area contributed by atoms with Gasteiger partial charge in [-0.1, -0.05) is 24.3 Å². The van der Waals surface area contributed by atoms with Crippen LogP contribution >= 0.6 is 0 Å². The summed E-state index contributed by atoms with van der Waals surface area (Å²) >= 11 is 0. The normalized spacial score (nSPS) is 12.1. The second-order valence-corrected chi connectivity index (χ2v) is 8.45. The molecule has 1 aliphatic rings. The van der Waals surface area contributed by atoms with E-state index in [1.807, 2.05) is 0 Å². The molecule has 0 radical (unpaired) electrons. The van der Waals surface area contributed by atoms with Gasteiger partial charge in [0, 0.05) is 12.6 Å². The van der Waals surface area contributed by atoms with Crippen LogP contribution in [0.1, 0.15) is 15.9 Å².